The minimum Gasteiger partial charge on any atom is -0.481 e. The Labute approximate surface area is 132 Å². The molecule has 0 bridgehead atoms. The van der Waals surface area contributed by atoms with Gasteiger partial charge in [-0.15, -0.1) is 0 Å². The number of benzene rings is 1. The van der Waals surface area contributed by atoms with Crippen molar-refractivity contribution in [2.75, 3.05) is 50.7 Å². The van der Waals surface area contributed by atoms with E-state index in [0.29, 0.717) is 12.6 Å². The van der Waals surface area contributed by atoms with Crippen LogP contribution in [-0.2, 0) is 4.79 Å². The summed E-state index contributed by atoms with van der Waals surface area (Å²) >= 11 is 0. The molecule has 0 amide bonds. The number of anilines is 1. The van der Waals surface area contributed by atoms with Crippen LogP contribution < -0.4 is 4.90 Å². The average Bonchev–Trinajstić information content (AvgIpc) is 3.04. The van der Waals surface area contributed by atoms with Crippen molar-refractivity contribution in [3.05, 3.63) is 30.3 Å². The summed E-state index contributed by atoms with van der Waals surface area (Å²) in [4.78, 5) is 18.0. The second-order valence-electron chi connectivity index (χ2n) is 6.25. The Hall–Kier alpha value is -1.59. The third kappa shape index (κ3) is 3.78. The van der Waals surface area contributed by atoms with E-state index in [4.69, 9.17) is 5.11 Å². The monoisotopic (exact) mass is 303 g/mol. The zero-order valence-corrected chi connectivity index (χ0v) is 13.0. The molecule has 0 aliphatic carbocycles. The second kappa shape index (κ2) is 7.11. The van der Waals surface area contributed by atoms with E-state index in [1.165, 1.54) is 12.1 Å². The van der Waals surface area contributed by atoms with E-state index < -0.39 is 5.97 Å². The summed E-state index contributed by atoms with van der Waals surface area (Å²) < 4.78 is 0. The summed E-state index contributed by atoms with van der Waals surface area (Å²) in [6, 6.07) is 11.3. The van der Waals surface area contributed by atoms with Crippen LogP contribution in [0.15, 0.2) is 30.3 Å². The Bertz CT molecular complexity index is 486. The number of hydrogen-bond acceptors (Lipinski definition) is 4. The topological polar surface area (TPSA) is 47.0 Å². The molecule has 5 nitrogen and oxygen atoms in total. The molecule has 3 rings (SSSR count). The van der Waals surface area contributed by atoms with Gasteiger partial charge in [0.2, 0.25) is 0 Å². The molecule has 2 saturated heterocycles. The van der Waals surface area contributed by atoms with Crippen LogP contribution in [0, 0.1) is 0 Å². The second-order valence-corrected chi connectivity index (χ2v) is 6.25. The van der Waals surface area contributed by atoms with Crippen LogP contribution in [0.5, 0.6) is 0 Å². The number of piperazine rings is 1. The van der Waals surface area contributed by atoms with E-state index in [-0.39, 0.29) is 6.42 Å². The lowest BCUT2D eigenvalue weighted by atomic mass is 10.2. The number of hydrogen-bond donors (Lipinski definition) is 1. The van der Waals surface area contributed by atoms with Gasteiger partial charge >= 0.3 is 5.97 Å². The first kappa shape index (κ1) is 15.3. The number of para-hydroxylation sites is 1. The van der Waals surface area contributed by atoms with Crippen LogP contribution in [-0.4, -0.2) is 72.7 Å². The largest absolute Gasteiger partial charge is 0.481 e. The maximum atomic E-state index is 10.6. The number of carboxylic acid groups (broad SMARTS) is 1. The van der Waals surface area contributed by atoms with E-state index >= 15 is 0 Å². The minimum absolute atomic E-state index is 0.255. The summed E-state index contributed by atoms with van der Waals surface area (Å²) in [6.07, 6.45) is 1.48. The normalized spacial score (nSPS) is 23.8. The van der Waals surface area contributed by atoms with Gasteiger partial charge in [0, 0.05) is 57.5 Å². The molecule has 0 spiro atoms. The smallest absolute Gasteiger partial charge is 0.304 e. The van der Waals surface area contributed by atoms with Crippen molar-refractivity contribution < 1.29 is 9.90 Å². The van der Waals surface area contributed by atoms with Gasteiger partial charge in [-0.2, -0.15) is 0 Å². The molecule has 5 heteroatoms. The Morgan fingerprint density at radius 3 is 2.50 bits per heavy atom. The Morgan fingerprint density at radius 2 is 1.82 bits per heavy atom. The lowest BCUT2D eigenvalue weighted by Gasteiger charge is -2.37. The Balaban J connectivity index is 1.46. The lowest BCUT2D eigenvalue weighted by Crippen LogP contribution is -2.51. The van der Waals surface area contributed by atoms with Crippen molar-refractivity contribution in [3.63, 3.8) is 0 Å². The van der Waals surface area contributed by atoms with E-state index in [0.717, 1.165) is 39.3 Å². The van der Waals surface area contributed by atoms with Gasteiger partial charge in [0.15, 0.2) is 0 Å². The molecule has 1 atom stereocenters. The Morgan fingerprint density at radius 1 is 1.09 bits per heavy atom. The number of carbonyl (C=O) groups is 1. The predicted molar refractivity (Wildman–Crippen MR) is 87.3 cm³/mol. The van der Waals surface area contributed by atoms with Crippen molar-refractivity contribution in [2.24, 2.45) is 0 Å². The zero-order chi connectivity index (χ0) is 15.4. The molecule has 2 aliphatic rings. The quantitative estimate of drug-likeness (QED) is 0.890. The molecule has 1 N–H and O–H groups in total. The van der Waals surface area contributed by atoms with Crippen LogP contribution >= 0.6 is 0 Å². The molecule has 120 valence electrons. The van der Waals surface area contributed by atoms with Crippen LogP contribution in [0.3, 0.4) is 0 Å². The van der Waals surface area contributed by atoms with Gasteiger partial charge in [0.25, 0.3) is 0 Å². The van der Waals surface area contributed by atoms with Crippen LogP contribution in [0.4, 0.5) is 5.69 Å². The molecular weight excluding hydrogens is 278 g/mol. The number of carboxylic acids is 1. The van der Waals surface area contributed by atoms with E-state index in [9.17, 15) is 4.79 Å². The first-order valence-electron chi connectivity index (χ1n) is 8.20. The van der Waals surface area contributed by atoms with Gasteiger partial charge in [-0.1, -0.05) is 18.2 Å². The highest BCUT2D eigenvalue weighted by atomic mass is 16.4. The van der Waals surface area contributed by atoms with E-state index in [2.05, 4.69) is 45.0 Å². The SMILES string of the molecule is O=C(O)CCN1CCN(C2CCN(c3ccccc3)C2)CC1. The van der Waals surface area contributed by atoms with Gasteiger partial charge in [-0.25, -0.2) is 0 Å². The molecule has 22 heavy (non-hydrogen) atoms. The first-order chi connectivity index (χ1) is 10.7. The van der Waals surface area contributed by atoms with Crippen molar-refractivity contribution in [3.8, 4) is 0 Å². The average molecular weight is 303 g/mol. The van der Waals surface area contributed by atoms with Crippen molar-refractivity contribution in [1.29, 1.82) is 0 Å². The highest BCUT2D eigenvalue weighted by Crippen LogP contribution is 2.23. The Kier molecular flexibility index (Phi) is 4.95. The zero-order valence-electron chi connectivity index (χ0n) is 13.0. The van der Waals surface area contributed by atoms with Gasteiger partial charge in [0.05, 0.1) is 6.42 Å². The maximum Gasteiger partial charge on any atom is 0.304 e. The molecular formula is C17H25N3O2. The number of aliphatic carboxylic acids is 1. The summed E-state index contributed by atoms with van der Waals surface area (Å²) in [7, 11) is 0. The van der Waals surface area contributed by atoms with Gasteiger partial charge in [-0.05, 0) is 18.6 Å². The third-order valence-electron chi connectivity index (χ3n) is 4.85. The predicted octanol–water partition coefficient (Wildman–Crippen LogP) is 1.36. The fourth-order valence-corrected chi connectivity index (χ4v) is 3.52. The summed E-state index contributed by atoms with van der Waals surface area (Å²) in [6.45, 7) is 7.04. The molecule has 1 unspecified atom stereocenters. The third-order valence-corrected chi connectivity index (χ3v) is 4.85. The lowest BCUT2D eigenvalue weighted by molar-refractivity contribution is -0.137. The van der Waals surface area contributed by atoms with Crippen LogP contribution in [0.1, 0.15) is 12.8 Å². The van der Waals surface area contributed by atoms with Crippen molar-refractivity contribution >= 4 is 11.7 Å². The van der Waals surface area contributed by atoms with Gasteiger partial charge in [0.1, 0.15) is 0 Å². The molecule has 0 radical (unpaired) electrons. The van der Waals surface area contributed by atoms with E-state index in [1.54, 1.807) is 0 Å². The molecule has 2 heterocycles. The minimum atomic E-state index is -0.697. The molecule has 0 aromatic heterocycles. The summed E-state index contributed by atoms with van der Waals surface area (Å²) in [5.74, 6) is -0.697. The molecule has 1 aromatic carbocycles. The van der Waals surface area contributed by atoms with Gasteiger partial charge in [-0.3, -0.25) is 9.69 Å². The fourth-order valence-electron chi connectivity index (χ4n) is 3.52. The van der Waals surface area contributed by atoms with Crippen LogP contribution in [0.2, 0.25) is 0 Å². The number of rotatable bonds is 5. The van der Waals surface area contributed by atoms with Crippen LogP contribution in [0.25, 0.3) is 0 Å². The highest BCUT2D eigenvalue weighted by molar-refractivity contribution is 5.66. The molecule has 1 aromatic rings. The fraction of sp³-hybridized carbons (Fsp3) is 0.588. The first-order valence-corrected chi connectivity index (χ1v) is 8.20. The standard InChI is InChI=1S/C17H25N3O2/c21-17(22)7-8-18-10-12-19(13-11-18)16-6-9-20(14-16)15-4-2-1-3-5-15/h1-5,16H,6-14H2,(H,21,22). The van der Waals surface area contributed by atoms with Crippen molar-refractivity contribution in [2.45, 2.75) is 18.9 Å². The molecule has 2 aliphatic heterocycles. The summed E-state index contributed by atoms with van der Waals surface area (Å²) in [5.41, 5.74) is 1.32. The molecule has 0 saturated carbocycles. The maximum absolute atomic E-state index is 10.6. The van der Waals surface area contributed by atoms with Crippen molar-refractivity contribution in [1.82, 2.24) is 9.80 Å². The van der Waals surface area contributed by atoms with Gasteiger partial charge < -0.3 is 14.9 Å². The summed E-state index contributed by atoms with van der Waals surface area (Å²) in [5, 5.41) is 8.76. The highest BCUT2D eigenvalue weighted by Gasteiger charge is 2.29. The number of nitrogens with zero attached hydrogens (tertiary/aromatic N) is 3. The molecule has 2 fully saturated rings. The van der Waals surface area contributed by atoms with E-state index in [1.807, 2.05) is 0 Å².